The monoisotopic (exact) mass is 400 g/mol. The van der Waals surface area contributed by atoms with Gasteiger partial charge in [-0.2, -0.15) is 0 Å². The van der Waals surface area contributed by atoms with Crippen molar-refractivity contribution in [2.24, 2.45) is 28.6 Å². The molecule has 2 fully saturated rings. The summed E-state index contributed by atoms with van der Waals surface area (Å²) in [5, 5.41) is 0.306. The molecule has 6 atom stereocenters. The number of allylic oxidation sites excluding steroid dienone is 3. The first kappa shape index (κ1) is 20.9. The molecule has 3 unspecified atom stereocenters. The Bertz CT molecular complexity index is 696. The maximum absolute atomic E-state index is 6.86. The van der Waals surface area contributed by atoms with E-state index in [1.807, 2.05) is 0 Å². The highest BCUT2D eigenvalue weighted by Gasteiger charge is 2.56. The van der Waals surface area contributed by atoms with Crippen LogP contribution in [0.15, 0.2) is 23.3 Å². The van der Waals surface area contributed by atoms with Gasteiger partial charge < -0.3 is 4.43 Å². The third kappa shape index (κ3) is 3.04. The Labute approximate surface area is 175 Å². The number of fused-ring (bicyclic) bond motifs is 5. The zero-order chi connectivity index (χ0) is 20.5. The molecule has 4 aliphatic carbocycles. The van der Waals surface area contributed by atoms with Gasteiger partial charge in [-0.3, -0.25) is 0 Å². The zero-order valence-electron chi connectivity index (χ0n) is 19.8. The fourth-order valence-corrected chi connectivity index (χ4v) is 8.49. The smallest absolute Gasteiger partial charge is 0.192 e. The minimum Gasteiger partial charge on any atom is -0.414 e. The lowest BCUT2D eigenvalue weighted by Gasteiger charge is -2.58. The van der Waals surface area contributed by atoms with Gasteiger partial charge in [0.1, 0.15) is 0 Å². The van der Waals surface area contributed by atoms with E-state index in [0.717, 1.165) is 17.8 Å². The van der Waals surface area contributed by atoms with Crippen molar-refractivity contribution in [2.75, 3.05) is 0 Å². The summed E-state index contributed by atoms with van der Waals surface area (Å²) in [6.45, 7) is 19.5. The van der Waals surface area contributed by atoms with Crippen LogP contribution in [-0.4, -0.2) is 14.4 Å². The van der Waals surface area contributed by atoms with Gasteiger partial charge >= 0.3 is 0 Å². The highest BCUT2D eigenvalue weighted by Crippen LogP contribution is 2.65. The minimum atomic E-state index is -1.68. The van der Waals surface area contributed by atoms with Crippen molar-refractivity contribution in [3.63, 3.8) is 0 Å². The fraction of sp³-hybridized carbons (Fsp3) is 0.846. The molecule has 0 aromatic heterocycles. The molecule has 0 spiro atoms. The number of hydrogen-bond donors (Lipinski definition) is 0. The Hall–Kier alpha value is -0.343. The second-order valence-corrected chi connectivity index (χ2v) is 17.3. The van der Waals surface area contributed by atoms with E-state index in [2.05, 4.69) is 66.8 Å². The summed E-state index contributed by atoms with van der Waals surface area (Å²) >= 11 is 0. The first-order chi connectivity index (χ1) is 12.9. The Morgan fingerprint density at radius 3 is 2.32 bits per heavy atom. The number of hydrogen-bond acceptors (Lipinski definition) is 1. The summed E-state index contributed by atoms with van der Waals surface area (Å²) in [7, 11) is -1.68. The molecule has 2 heteroatoms. The van der Waals surface area contributed by atoms with Crippen molar-refractivity contribution >= 4 is 8.32 Å². The van der Waals surface area contributed by atoms with Crippen LogP contribution < -0.4 is 0 Å². The van der Waals surface area contributed by atoms with Crippen LogP contribution in [0, 0.1) is 28.6 Å². The van der Waals surface area contributed by atoms with E-state index >= 15 is 0 Å². The molecule has 0 aromatic carbocycles. The van der Waals surface area contributed by atoms with Gasteiger partial charge in [-0.05, 0) is 98.6 Å². The Morgan fingerprint density at radius 2 is 1.64 bits per heavy atom. The maximum Gasteiger partial charge on any atom is 0.192 e. The normalized spacial score (nSPS) is 43.6. The van der Waals surface area contributed by atoms with Gasteiger partial charge in [0.05, 0.1) is 0 Å². The second-order valence-electron chi connectivity index (χ2n) is 12.6. The molecule has 0 amide bonds. The van der Waals surface area contributed by atoms with Crippen LogP contribution >= 0.6 is 0 Å². The van der Waals surface area contributed by atoms with Crippen LogP contribution in [-0.2, 0) is 4.43 Å². The van der Waals surface area contributed by atoms with Crippen LogP contribution in [0.25, 0.3) is 0 Å². The zero-order valence-corrected chi connectivity index (χ0v) is 20.8. The van der Waals surface area contributed by atoms with Gasteiger partial charge in [0.25, 0.3) is 0 Å². The summed E-state index contributed by atoms with van der Waals surface area (Å²) in [6.07, 6.45) is 15.0. The average Bonchev–Trinajstić information content (AvgIpc) is 2.89. The summed E-state index contributed by atoms with van der Waals surface area (Å²) in [6, 6.07) is 0. The van der Waals surface area contributed by atoms with Crippen LogP contribution in [0.2, 0.25) is 18.1 Å². The summed E-state index contributed by atoms with van der Waals surface area (Å²) in [5.74, 6) is 2.69. The molecule has 28 heavy (non-hydrogen) atoms. The minimum absolute atomic E-state index is 0.306. The van der Waals surface area contributed by atoms with E-state index < -0.39 is 8.32 Å². The summed E-state index contributed by atoms with van der Waals surface area (Å²) in [5.41, 5.74) is 4.37. The quantitative estimate of drug-likeness (QED) is 0.338. The Morgan fingerprint density at radius 1 is 0.964 bits per heavy atom. The van der Waals surface area contributed by atoms with Crippen molar-refractivity contribution in [1.29, 1.82) is 0 Å². The third-order valence-corrected chi connectivity index (χ3v) is 14.8. The molecule has 0 N–H and O–H groups in total. The van der Waals surface area contributed by atoms with Gasteiger partial charge in [-0.15, -0.1) is 0 Å². The van der Waals surface area contributed by atoms with Crippen LogP contribution in [0.3, 0.4) is 0 Å². The van der Waals surface area contributed by atoms with E-state index in [4.69, 9.17) is 4.43 Å². The molecular formula is C26H44OSi. The van der Waals surface area contributed by atoms with E-state index in [9.17, 15) is 0 Å². The molecule has 0 aliphatic heterocycles. The summed E-state index contributed by atoms with van der Waals surface area (Å²) < 4.78 is 6.86. The molecule has 0 aromatic rings. The maximum atomic E-state index is 6.86. The van der Waals surface area contributed by atoms with Crippen molar-refractivity contribution in [3.05, 3.63) is 23.3 Å². The van der Waals surface area contributed by atoms with Crippen molar-refractivity contribution < 1.29 is 4.43 Å². The lowest BCUT2D eigenvalue weighted by Crippen LogP contribution is -2.51. The predicted molar refractivity (Wildman–Crippen MR) is 123 cm³/mol. The number of rotatable bonds is 2. The van der Waals surface area contributed by atoms with E-state index in [0.29, 0.717) is 22.0 Å². The van der Waals surface area contributed by atoms with Crippen molar-refractivity contribution in [3.8, 4) is 0 Å². The molecule has 0 saturated heterocycles. The standard InChI is InChI=1S/C26H44OSi/c1-18-9-12-22-21-11-10-19-17-20(27-28(7,8)24(2,3)4)13-15-26(19,6)23(21)14-16-25(18,22)5/h9-10,20-23H,11-17H2,1-8H3/t20-,21?,22?,23?,25+,26-/m0/s1. The molecule has 158 valence electrons. The molecule has 4 rings (SSSR count). The highest BCUT2D eigenvalue weighted by molar-refractivity contribution is 6.74. The second kappa shape index (κ2) is 6.58. The average molecular weight is 401 g/mol. The van der Waals surface area contributed by atoms with Crippen LogP contribution in [0.1, 0.15) is 86.5 Å². The van der Waals surface area contributed by atoms with Gasteiger partial charge in [0.2, 0.25) is 0 Å². The Kier molecular flexibility index (Phi) is 4.91. The Balaban J connectivity index is 1.53. The van der Waals surface area contributed by atoms with Gasteiger partial charge in [-0.1, -0.05) is 57.9 Å². The van der Waals surface area contributed by atoms with Crippen LogP contribution in [0.4, 0.5) is 0 Å². The van der Waals surface area contributed by atoms with Gasteiger partial charge in [0, 0.05) is 6.10 Å². The first-order valence-corrected chi connectivity index (χ1v) is 14.8. The van der Waals surface area contributed by atoms with Crippen LogP contribution in [0.5, 0.6) is 0 Å². The fourth-order valence-electron chi connectivity index (χ4n) is 7.10. The third-order valence-electron chi connectivity index (χ3n) is 10.3. The predicted octanol–water partition coefficient (Wildman–Crippen LogP) is 7.90. The molecule has 1 nitrogen and oxygen atoms in total. The molecule has 4 aliphatic rings. The molecule has 0 heterocycles. The van der Waals surface area contributed by atoms with E-state index in [1.54, 1.807) is 11.1 Å². The SMILES string of the molecule is CC1=CCC2C3CC=C4C[C@@H](O[Si](C)(C)C(C)(C)C)CC[C@]4(C)C3CC[C@]12C. The molecular weight excluding hydrogens is 356 g/mol. The first-order valence-electron chi connectivity index (χ1n) is 11.9. The molecule has 2 saturated carbocycles. The van der Waals surface area contributed by atoms with Crippen molar-refractivity contribution in [2.45, 2.75) is 111 Å². The highest BCUT2D eigenvalue weighted by atomic mass is 28.4. The van der Waals surface area contributed by atoms with Gasteiger partial charge in [-0.25, -0.2) is 0 Å². The van der Waals surface area contributed by atoms with Crippen molar-refractivity contribution in [1.82, 2.24) is 0 Å². The summed E-state index contributed by atoms with van der Waals surface area (Å²) in [4.78, 5) is 0. The van der Waals surface area contributed by atoms with E-state index in [-0.39, 0.29) is 0 Å². The molecule has 0 bridgehead atoms. The van der Waals surface area contributed by atoms with Gasteiger partial charge in [0.15, 0.2) is 8.32 Å². The largest absolute Gasteiger partial charge is 0.414 e. The lowest BCUT2D eigenvalue weighted by molar-refractivity contribution is -0.0279. The van der Waals surface area contributed by atoms with E-state index in [1.165, 1.54) is 44.9 Å². The topological polar surface area (TPSA) is 9.23 Å². The lowest BCUT2D eigenvalue weighted by atomic mass is 9.47. The molecule has 0 radical (unpaired) electrons.